The molecule has 0 aliphatic heterocycles. The first-order valence-corrected chi connectivity index (χ1v) is 3.05. The van der Waals surface area contributed by atoms with Crippen molar-refractivity contribution in [2.45, 2.75) is 0 Å². The van der Waals surface area contributed by atoms with Crippen LogP contribution in [0.1, 0.15) is 0 Å². The van der Waals surface area contributed by atoms with Gasteiger partial charge in [-0.25, -0.2) is 9.59 Å². The molecule has 0 atom stereocenters. The van der Waals surface area contributed by atoms with Gasteiger partial charge in [0.25, 0.3) is 0 Å². The van der Waals surface area contributed by atoms with E-state index in [0.29, 0.717) is 6.08 Å². The highest BCUT2D eigenvalue weighted by Crippen LogP contribution is 1.96. The molecule has 0 aliphatic rings. The second-order valence-corrected chi connectivity index (χ2v) is 1.84. The number of carbonyl (C=O) groups is 2. The van der Waals surface area contributed by atoms with Crippen LogP contribution >= 0.6 is 0 Å². The van der Waals surface area contributed by atoms with Crippen LogP contribution in [0.5, 0.6) is 0 Å². The van der Waals surface area contributed by atoms with E-state index in [0.717, 1.165) is 6.08 Å². The maximum Gasteiger partial charge on any atom is 0.335 e. The summed E-state index contributed by atoms with van der Waals surface area (Å²) in [5.41, 5.74) is -0.289. The van der Waals surface area contributed by atoms with E-state index >= 15 is 0 Å². The quantitative estimate of drug-likeness (QED) is 0.481. The number of hydrogen-bond acceptors (Lipinski definition) is 2. The lowest BCUT2D eigenvalue weighted by Gasteiger charge is -1.90. The minimum absolute atomic E-state index is 0.289. The lowest BCUT2D eigenvalue weighted by Crippen LogP contribution is -2.01. The number of allylic oxidation sites excluding steroid dienone is 2. The normalized spacial score (nSPS) is 11.5. The zero-order valence-electron chi connectivity index (χ0n) is 6.23. The summed E-state index contributed by atoms with van der Waals surface area (Å²) in [6.07, 6.45) is 4.48. The standard InChI is InChI=1S/C8H8O4/c1-2-3-4-6(8(11)12)5-7(9)10/h2-5H,1H2,(H,9,10)(H,11,12)/b4-3+,6-5-. The van der Waals surface area contributed by atoms with Gasteiger partial charge in [-0.3, -0.25) is 0 Å². The van der Waals surface area contributed by atoms with Gasteiger partial charge in [-0.05, 0) is 6.08 Å². The number of carboxylic acid groups (broad SMARTS) is 2. The predicted octanol–water partition coefficient (Wildman–Crippen LogP) is 0.824. The molecule has 0 bridgehead atoms. The zero-order chi connectivity index (χ0) is 9.56. The summed E-state index contributed by atoms with van der Waals surface area (Å²) in [6, 6.07) is 0. The van der Waals surface area contributed by atoms with Gasteiger partial charge in [0.05, 0.1) is 5.57 Å². The molecule has 0 unspecified atom stereocenters. The molecule has 0 aromatic carbocycles. The summed E-state index contributed by atoms with van der Waals surface area (Å²) >= 11 is 0. The fourth-order valence-corrected chi connectivity index (χ4v) is 0.486. The molecule has 12 heavy (non-hydrogen) atoms. The topological polar surface area (TPSA) is 74.6 Å². The van der Waals surface area contributed by atoms with E-state index in [1.807, 2.05) is 0 Å². The maximum absolute atomic E-state index is 10.3. The van der Waals surface area contributed by atoms with E-state index in [9.17, 15) is 9.59 Å². The summed E-state index contributed by atoms with van der Waals surface area (Å²) in [5.74, 6) is -2.57. The SMILES string of the molecule is C=C/C=C/C(=C/C(=O)O)C(=O)O. The highest BCUT2D eigenvalue weighted by Gasteiger charge is 2.04. The predicted molar refractivity (Wildman–Crippen MR) is 42.7 cm³/mol. The van der Waals surface area contributed by atoms with Gasteiger partial charge in [-0.15, -0.1) is 0 Å². The van der Waals surface area contributed by atoms with Gasteiger partial charge in [-0.1, -0.05) is 18.7 Å². The molecule has 0 saturated carbocycles. The summed E-state index contributed by atoms with van der Waals surface area (Å²) in [5, 5.41) is 16.7. The van der Waals surface area contributed by atoms with Gasteiger partial charge in [-0.2, -0.15) is 0 Å². The van der Waals surface area contributed by atoms with Gasteiger partial charge in [0.2, 0.25) is 0 Å². The van der Waals surface area contributed by atoms with Crippen LogP contribution in [0.3, 0.4) is 0 Å². The van der Waals surface area contributed by atoms with Crippen molar-refractivity contribution in [3.8, 4) is 0 Å². The average Bonchev–Trinajstić information content (AvgIpc) is 1.96. The van der Waals surface area contributed by atoms with E-state index in [1.54, 1.807) is 0 Å². The monoisotopic (exact) mass is 168 g/mol. The summed E-state index contributed by atoms with van der Waals surface area (Å²) in [6.45, 7) is 3.32. The van der Waals surface area contributed by atoms with E-state index in [-0.39, 0.29) is 5.57 Å². The van der Waals surface area contributed by atoms with Crippen molar-refractivity contribution >= 4 is 11.9 Å². The number of rotatable bonds is 4. The van der Waals surface area contributed by atoms with E-state index in [2.05, 4.69) is 6.58 Å². The van der Waals surface area contributed by atoms with Crippen molar-refractivity contribution in [2.75, 3.05) is 0 Å². The molecular formula is C8H8O4. The van der Waals surface area contributed by atoms with Gasteiger partial charge in [0.1, 0.15) is 0 Å². The van der Waals surface area contributed by atoms with E-state index < -0.39 is 11.9 Å². The van der Waals surface area contributed by atoms with Crippen LogP contribution in [0.15, 0.2) is 36.5 Å². The summed E-state index contributed by atoms with van der Waals surface area (Å²) in [7, 11) is 0. The van der Waals surface area contributed by atoms with Crippen molar-refractivity contribution in [3.05, 3.63) is 36.5 Å². The molecule has 0 spiro atoms. The number of carboxylic acids is 2. The highest BCUT2D eigenvalue weighted by molar-refractivity contribution is 5.97. The molecule has 4 nitrogen and oxygen atoms in total. The molecule has 4 heteroatoms. The molecule has 0 aromatic heterocycles. The van der Waals surface area contributed by atoms with Crippen LogP contribution in [0.2, 0.25) is 0 Å². The Morgan fingerprint density at radius 1 is 1.25 bits per heavy atom. The van der Waals surface area contributed by atoms with Gasteiger partial charge < -0.3 is 10.2 Å². The Bertz CT molecular complexity index is 260. The first-order chi connectivity index (χ1) is 5.57. The van der Waals surface area contributed by atoms with Gasteiger partial charge in [0.15, 0.2) is 0 Å². The average molecular weight is 168 g/mol. The molecule has 0 heterocycles. The van der Waals surface area contributed by atoms with Crippen LogP contribution in [0.4, 0.5) is 0 Å². The summed E-state index contributed by atoms with van der Waals surface area (Å²) < 4.78 is 0. The minimum atomic E-state index is -1.29. The maximum atomic E-state index is 10.3. The molecule has 0 aliphatic carbocycles. The fraction of sp³-hybridized carbons (Fsp3) is 0. The van der Waals surface area contributed by atoms with Gasteiger partial charge >= 0.3 is 11.9 Å². The third-order valence-electron chi connectivity index (χ3n) is 0.938. The Morgan fingerprint density at radius 3 is 2.17 bits per heavy atom. The molecule has 64 valence electrons. The second kappa shape index (κ2) is 4.90. The molecular weight excluding hydrogens is 160 g/mol. The van der Waals surface area contributed by atoms with Crippen molar-refractivity contribution in [2.24, 2.45) is 0 Å². The largest absolute Gasteiger partial charge is 0.478 e. The Morgan fingerprint density at radius 2 is 1.83 bits per heavy atom. The lowest BCUT2D eigenvalue weighted by atomic mass is 10.2. The minimum Gasteiger partial charge on any atom is -0.478 e. The second-order valence-electron chi connectivity index (χ2n) is 1.84. The highest BCUT2D eigenvalue weighted by atomic mass is 16.4. The van der Waals surface area contributed by atoms with Crippen LogP contribution < -0.4 is 0 Å². The molecule has 0 fully saturated rings. The smallest absolute Gasteiger partial charge is 0.335 e. The first-order valence-electron chi connectivity index (χ1n) is 3.05. The molecule has 0 radical (unpaired) electrons. The zero-order valence-corrected chi connectivity index (χ0v) is 6.23. The van der Waals surface area contributed by atoms with Crippen molar-refractivity contribution in [1.29, 1.82) is 0 Å². The lowest BCUT2D eigenvalue weighted by molar-refractivity contribution is -0.134. The first kappa shape index (κ1) is 10.2. The van der Waals surface area contributed by atoms with Crippen molar-refractivity contribution in [3.63, 3.8) is 0 Å². The number of hydrogen-bond donors (Lipinski definition) is 2. The third-order valence-corrected chi connectivity index (χ3v) is 0.938. The Kier molecular flexibility index (Phi) is 4.15. The van der Waals surface area contributed by atoms with Crippen LogP contribution in [0.25, 0.3) is 0 Å². The fourth-order valence-electron chi connectivity index (χ4n) is 0.486. The Balaban J connectivity index is 4.66. The van der Waals surface area contributed by atoms with E-state index in [1.165, 1.54) is 12.2 Å². The van der Waals surface area contributed by atoms with Crippen LogP contribution in [0, 0.1) is 0 Å². The van der Waals surface area contributed by atoms with E-state index in [4.69, 9.17) is 10.2 Å². The summed E-state index contributed by atoms with van der Waals surface area (Å²) in [4.78, 5) is 20.4. The number of aliphatic carboxylic acids is 2. The molecule has 0 rings (SSSR count). The molecule has 0 amide bonds. The molecule has 2 N–H and O–H groups in total. The van der Waals surface area contributed by atoms with Crippen LogP contribution in [-0.4, -0.2) is 22.2 Å². The Labute approximate surface area is 69.1 Å². The van der Waals surface area contributed by atoms with Crippen molar-refractivity contribution in [1.82, 2.24) is 0 Å². The molecule has 0 aromatic rings. The van der Waals surface area contributed by atoms with Crippen LogP contribution in [-0.2, 0) is 9.59 Å². The van der Waals surface area contributed by atoms with Crippen molar-refractivity contribution < 1.29 is 19.8 Å². The third kappa shape index (κ3) is 4.05. The van der Waals surface area contributed by atoms with Gasteiger partial charge in [0, 0.05) is 6.08 Å². The Hall–Kier alpha value is -1.84. The molecule has 0 saturated heterocycles.